The number of fused-ring (bicyclic) bond motifs is 1. The van der Waals surface area contributed by atoms with Gasteiger partial charge in [-0.25, -0.2) is 22.8 Å². The maximum absolute atomic E-state index is 13.4. The molecule has 2 fully saturated rings. The van der Waals surface area contributed by atoms with Crippen molar-refractivity contribution in [2.45, 2.75) is 30.6 Å². The first kappa shape index (κ1) is 15.7. The summed E-state index contributed by atoms with van der Waals surface area (Å²) in [5.41, 5.74) is 0.558. The Hall–Kier alpha value is -1.80. The van der Waals surface area contributed by atoms with Crippen molar-refractivity contribution in [1.29, 1.82) is 0 Å². The Morgan fingerprint density at radius 1 is 1.25 bits per heavy atom. The second-order valence-electron chi connectivity index (χ2n) is 6.51. The fraction of sp³-hybridized carbons (Fsp3) is 0.500. The zero-order chi connectivity index (χ0) is 16.9. The molecule has 2 heterocycles. The molecule has 1 saturated heterocycles. The molecule has 1 saturated carbocycles. The first-order chi connectivity index (χ1) is 11.5. The van der Waals surface area contributed by atoms with Crippen LogP contribution < -0.4 is 4.90 Å². The quantitative estimate of drug-likeness (QED) is 0.841. The number of sulfonamides is 1. The second-order valence-corrected chi connectivity index (χ2v) is 8.78. The van der Waals surface area contributed by atoms with E-state index in [2.05, 4.69) is 14.9 Å². The summed E-state index contributed by atoms with van der Waals surface area (Å²) in [4.78, 5) is 10.5. The van der Waals surface area contributed by atoms with Crippen LogP contribution in [0.1, 0.15) is 19.3 Å². The van der Waals surface area contributed by atoms with Gasteiger partial charge in [-0.3, -0.25) is 0 Å². The van der Waals surface area contributed by atoms with Crippen molar-refractivity contribution in [2.24, 2.45) is 0 Å². The number of aromatic nitrogens is 2. The largest absolute Gasteiger partial charge is 0.354 e. The molecular weight excluding hydrogens is 331 g/mol. The van der Waals surface area contributed by atoms with Gasteiger partial charge in [0.05, 0.1) is 10.8 Å². The summed E-state index contributed by atoms with van der Waals surface area (Å²) in [5.74, 6) is 0.404. The number of nitrogens with zero attached hydrogens (tertiary/aromatic N) is 4. The van der Waals surface area contributed by atoms with Gasteiger partial charge >= 0.3 is 0 Å². The van der Waals surface area contributed by atoms with Crippen LogP contribution >= 0.6 is 0 Å². The summed E-state index contributed by atoms with van der Waals surface area (Å²) in [6.07, 6.45) is 3.72. The maximum Gasteiger partial charge on any atom is 0.217 e. The van der Waals surface area contributed by atoms with E-state index in [0.717, 1.165) is 37.0 Å². The summed E-state index contributed by atoms with van der Waals surface area (Å²) < 4.78 is 39.7. The smallest absolute Gasteiger partial charge is 0.217 e. The molecule has 0 amide bonds. The van der Waals surface area contributed by atoms with Gasteiger partial charge in [-0.1, -0.05) is 0 Å². The topological polar surface area (TPSA) is 66.4 Å². The molecule has 0 spiro atoms. The zero-order valence-corrected chi connectivity index (χ0v) is 14.2. The lowest BCUT2D eigenvalue weighted by atomic mass is 10.2. The Kier molecular flexibility index (Phi) is 3.69. The summed E-state index contributed by atoms with van der Waals surface area (Å²) in [6, 6.07) is 4.41. The Morgan fingerprint density at radius 2 is 2.04 bits per heavy atom. The predicted molar refractivity (Wildman–Crippen MR) is 89.8 cm³/mol. The monoisotopic (exact) mass is 350 g/mol. The highest BCUT2D eigenvalue weighted by molar-refractivity contribution is 7.90. The second kappa shape index (κ2) is 5.63. The van der Waals surface area contributed by atoms with E-state index < -0.39 is 10.0 Å². The van der Waals surface area contributed by atoms with Crippen molar-refractivity contribution >= 4 is 26.7 Å². The Balaban J connectivity index is 1.59. The molecule has 0 radical (unpaired) electrons. The molecular formula is C16H19FN4O2S. The highest BCUT2D eigenvalue weighted by Gasteiger charge is 2.42. The highest BCUT2D eigenvalue weighted by Crippen LogP contribution is 2.34. The summed E-state index contributed by atoms with van der Waals surface area (Å²) in [6.45, 7) is 1.31. The average molecular weight is 350 g/mol. The van der Waals surface area contributed by atoms with Gasteiger partial charge < -0.3 is 4.90 Å². The molecule has 128 valence electrons. The van der Waals surface area contributed by atoms with E-state index in [0.29, 0.717) is 12.1 Å². The van der Waals surface area contributed by atoms with Crippen molar-refractivity contribution in [3.8, 4) is 0 Å². The van der Waals surface area contributed by atoms with E-state index in [9.17, 15) is 12.8 Å². The van der Waals surface area contributed by atoms with Gasteiger partial charge in [0.25, 0.3) is 0 Å². The van der Waals surface area contributed by atoms with E-state index in [1.54, 1.807) is 13.1 Å². The van der Waals surface area contributed by atoms with E-state index in [1.165, 1.54) is 22.8 Å². The lowest BCUT2D eigenvalue weighted by Crippen LogP contribution is -2.40. The molecule has 4 rings (SSSR count). The van der Waals surface area contributed by atoms with Crippen LogP contribution in [0.25, 0.3) is 10.9 Å². The third-order valence-corrected chi connectivity index (χ3v) is 7.32. The number of halogens is 1. The minimum absolute atomic E-state index is 0.0546. The molecule has 1 aromatic heterocycles. The molecule has 0 bridgehead atoms. The van der Waals surface area contributed by atoms with Crippen molar-refractivity contribution in [3.63, 3.8) is 0 Å². The van der Waals surface area contributed by atoms with Gasteiger partial charge in [-0.15, -0.1) is 0 Å². The van der Waals surface area contributed by atoms with Crippen LogP contribution in [0, 0.1) is 5.82 Å². The Morgan fingerprint density at radius 3 is 2.79 bits per heavy atom. The summed E-state index contributed by atoms with van der Waals surface area (Å²) >= 11 is 0. The van der Waals surface area contributed by atoms with Gasteiger partial charge in [0, 0.05) is 37.6 Å². The van der Waals surface area contributed by atoms with Crippen molar-refractivity contribution < 1.29 is 12.8 Å². The zero-order valence-electron chi connectivity index (χ0n) is 13.4. The van der Waals surface area contributed by atoms with E-state index in [4.69, 9.17) is 0 Å². The van der Waals surface area contributed by atoms with Gasteiger partial charge in [-0.05, 0) is 31.4 Å². The van der Waals surface area contributed by atoms with Crippen LogP contribution in [-0.2, 0) is 10.0 Å². The van der Waals surface area contributed by atoms with Crippen LogP contribution in [0.15, 0.2) is 24.5 Å². The molecule has 1 aliphatic heterocycles. The van der Waals surface area contributed by atoms with Crippen LogP contribution in [0.3, 0.4) is 0 Å². The number of benzene rings is 1. The fourth-order valence-corrected chi connectivity index (χ4v) is 5.10. The molecule has 24 heavy (non-hydrogen) atoms. The minimum Gasteiger partial charge on any atom is -0.354 e. The van der Waals surface area contributed by atoms with Crippen LogP contribution in [0.2, 0.25) is 0 Å². The SMILES string of the molecule is CN(C1CCN(c2ncnc3cc(F)ccc23)C1)S(=O)(=O)C1CC1. The third-order valence-electron chi connectivity index (χ3n) is 4.90. The molecule has 1 aliphatic carbocycles. The van der Waals surface area contributed by atoms with E-state index in [1.807, 2.05) is 0 Å². The number of likely N-dealkylation sites (N-methyl/N-ethyl adjacent to an activating group) is 1. The molecule has 2 aromatic rings. The molecule has 1 aromatic carbocycles. The van der Waals surface area contributed by atoms with Crippen LogP contribution in [-0.4, -0.2) is 54.1 Å². The maximum atomic E-state index is 13.4. The van der Waals surface area contributed by atoms with Crippen LogP contribution in [0.4, 0.5) is 10.2 Å². The fourth-order valence-electron chi connectivity index (χ4n) is 3.31. The van der Waals surface area contributed by atoms with E-state index >= 15 is 0 Å². The van der Waals surface area contributed by atoms with Crippen molar-refractivity contribution in [1.82, 2.24) is 14.3 Å². The van der Waals surface area contributed by atoms with Crippen LogP contribution in [0.5, 0.6) is 0 Å². The minimum atomic E-state index is -3.18. The van der Waals surface area contributed by atoms with Crippen molar-refractivity contribution in [2.75, 3.05) is 25.0 Å². The van der Waals surface area contributed by atoms with Gasteiger partial charge in [0.2, 0.25) is 10.0 Å². The lowest BCUT2D eigenvalue weighted by Gasteiger charge is -2.25. The molecule has 8 heteroatoms. The summed E-state index contributed by atoms with van der Waals surface area (Å²) in [7, 11) is -1.50. The first-order valence-electron chi connectivity index (χ1n) is 8.09. The highest BCUT2D eigenvalue weighted by atomic mass is 32.2. The van der Waals surface area contributed by atoms with E-state index in [-0.39, 0.29) is 17.1 Å². The number of rotatable bonds is 4. The standard InChI is InChI=1S/C16H19FN4O2S/c1-20(24(22,23)13-3-4-13)12-6-7-21(9-12)16-14-5-2-11(17)8-15(14)18-10-19-16/h2,5,8,10,12-13H,3-4,6-7,9H2,1H3. The van der Waals surface area contributed by atoms with Crippen molar-refractivity contribution in [3.05, 3.63) is 30.3 Å². The molecule has 1 unspecified atom stereocenters. The Bertz CT molecular complexity index is 885. The normalized spacial score (nSPS) is 21.8. The summed E-state index contributed by atoms with van der Waals surface area (Å²) in [5, 5.41) is 0.589. The van der Waals surface area contributed by atoms with Gasteiger partial charge in [0.1, 0.15) is 18.0 Å². The molecule has 2 aliphatic rings. The molecule has 0 N–H and O–H groups in total. The third kappa shape index (κ3) is 2.63. The lowest BCUT2D eigenvalue weighted by molar-refractivity contribution is 0.389. The van der Waals surface area contributed by atoms with Gasteiger partial charge in [0.15, 0.2) is 0 Å². The first-order valence-corrected chi connectivity index (χ1v) is 9.59. The Labute approximate surface area is 140 Å². The number of anilines is 1. The number of hydrogen-bond acceptors (Lipinski definition) is 5. The average Bonchev–Trinajstić information content (AvgIpc) is 3.32. The van der Waals surface area contributed by atoms with Gasteiger partial charge in [-0.2, -0.15) is 4.31 Å². The molecule has 6 nitrogen and oxygen atoms in total. The number of hydrogen-bond donors (Lipinski definition) is 0. The molecule has 1 atom stereocenters. The predicted octanol–water partition coefficient (Wildman–Crippen LogP) is 1.77.